The van der Waals surface area contributed by atoms with Gasteiger partial charge >= 0.3 is 0 Å². The minimum absolute atomic E-state index is 0.0590. The van der Waals surface area contributed by atoms with E-state index in [9.17, 15) is 4.79 Å². The molecule has 0 fully saturated rings. The zero-order chi connectivity index (χ0) is 16.9. The lowest BCUT2D eigenvalue weighted by Crippen LogP contribution is -2.14. The van der Waals surface area contributed by atoms with Crippen LogP contribution in [0.4, 0.5) is 5.69 Å². The first kappa shape index (κ1) is 15.8. The highest BCUT2D eigenvalue weighted by Crippen LogP contribution is 2.20. The van der Waals surface area contributed by atoms with Gasteiger partial charge in [0.05, 0.1) is 19.9 Å². The van der Waals surface area contributed by atoms with Gasteiger partial charge in [-0.3, -0.25) is 4.79 Å². The van der Waals surface area contributed by atoms with Crippen LogP contribution in [0.15, 0.2) is 61.2 Å². The third-order valence-corrected chi connectivity index (χ3v) is 3.79. The Labute approximate surface area is 140 Å². The maximum absolute atomic E-state index is 12.2. The van der Waals surface area contributed by atoms with Crippen molar-refractivity contribution in [2.24, 2.45) is 0 Å². The molecule has 0 bridgehead atoms. The number of anilines is 1. The molecule has 0 aliphatic heterocycles. The van der Waals surface area contributed by atoms with Crippen molar-refractivity contribution in [1.82, 2.24) is 9.55 Å². The lowest BCUT2D eigenvalue weighted by molar-refractivity contribution is -0.115. The molecule has 1 heterocycles. The molecule has 5 heteroatoms. The Kier molecular flexibility index (Phi) is 4.61. The van der Waals surface area contributed by atoms with Crippen LogP contribution in [0.2, 0.25) is 0 Å². The van der Waals surface area contributed by atoms with E-state index in [-0.39, 0.29) is 5.91 Å². The number of aromatic nitrogens is 2. The second-order valence-corrected chi connectivity index (χ2v) is 5.55. The monoisotopic (exact) mass is 321 g/mol. The molecule has 1 amide bonds. The summed E-state index contributed by atoms with van der Waals surface area (Å²) in [4.78, 5) is 16.2. The summed E-state index contributed by atoms with van der Waals surface area (Å²) >= 11 is 0. The molecule has 5 nitrogen and oxygen atoms in total. The molecule has 1 aromatic heterocycles. The van der Waals surface area contributed by atoms with Crippen LogP contribution < -0.4 is 10.1 Å². The molecule has 0 aliphatic rings. The number of benzene rings is 2. The SMILES string of the molecule is COc1cc(CC(=O)Nc2ccc(-n3ccnc3)cc2)ccc1C. The fraction of sp³-hybridized carbons (Fsp3) is 0.158. The summed E-state index contributed by atoms with van der Waals surface area (Å²) in [6, 6.07) is 13.4. The van der Waals surface area contributed by atoms with Crippen molar-refractivity contribution >= 4 is 11.6 Å². The van der Waals surface area contributed by atoms with Crippen LogP contribution in [0.3, 0.4) is 0 Å². The molecule has 3 rings (SSSR count). The van der Waals surface area contributed by atoms with Crippen molar-refractivity contribution in [2.45, 2.75) is 13.3 Å². The third-order valence-electron chi connectivity index (χ3n) is 3.79. The fourth-order valence-electron chi connectivity index (χ4n) is 2.49. The first-order valence-electron chi connectivity index (χ1n) is 7.67. The molecule has 0 aliphatic carbocycles. The van der Waals surface area contributed by atoms with Crippen molar-refractivity contribution < 1.29 is 9.53 Å². The van der Waals surface area contributed by atoms with Gasteiger partial charge in [0.25, 0.3) is 0 Å². The summed E-state index contributed by atoms with van der Waals surface area (Å²) in [6.07, 6.45) is 5.64. The summed E-state index contributed by atoms with van der Waals surface area (Å²) in [6.45, 7) is 1.98. The van der Waals surface area contributed by atoms with Gasteiger partial charge in [0.2, 0.25) is 5.91 Å². The van der Waals surface area contributed by atoms with Gasteiger partial charge in [-0.15, -0.1) is 0 Å². The molecule has 0 saturated heterocycles. The largest absolute Gasteiger partial charge is 0.496 e. The molecule has 1 N–H and O–H groups in total. The lowest BCUT2D eigenvalue weighted by atomic mass is 10.1. The van der Waals surface area contributed by atoms with Gasteiger partial charge in [-0.2, -0.15) is 0 Å². The standard InChI is InChI=1S/C19H19N3O2/c1-14-3-4-15(11-18(14)24-2)12-19(23)21-16-5-7-17(8-6-16)22-10-9-20-13-22/h3-11,13H,12H2,1-2H3,(H,21,23). The minimum atomic E-state index is -0.0590. The average Bonchev–Trinajstić information content (AvgIpc) is 3.12. The van der Waals surface area contributed by atoms with Crippen molar-refractivity contribution in [3.05, 3.63) is 72.3 Å². The first-order valence-corrected chi connectivity index (χ1v) is 7.67. The molecule has 0 unspecified atom stereocenters. The van der Waals surface area contributed by atoms with Gasteiger partial charge in [0.15, 0.2) is 0 Å². The number of nitrogens with one attached hydrogen (secondary N) is 1. The summed E-state index contributed by atoms with van der Waals surface area (Å²) in [5, 5.41) is 2.91. The second-order valence-electron chi connectivity index (χ2n) is 5.55. The van der Waals surface area contributed by atoms with E-state index in [0.717, 1.165) is 28.3 Å². The number of ether oxygens (including phenoxy) is 1. The molecule has 0 radical (unpaired) electrons. The molecule has 0 saturated carbocycles. The van der Waals surface area contributed by atoms with Crippen LogP contribution >= 0.6 is 0 Å². The van der Waals surface area contributed by atoms with Crippen molar-refractivity contribution in [2.75, 3.05) is 12.4 Å². The molecule has 122 valence electrons. The Morgan fingerprint density at radius 1 is 1.21 bits per heavy atom. The highest BCUT2D eigenvalue weighted by Gasteiger charge is 2.07. The number of imidazole rings is 1. The van der Waals surface area contributed by atoms with E-state index >= 15 is 0 Å². The third kappa shape index (κ3) is 3.63. The maximum Gasteiger partial charge on any atom is 0.228 e. The summed E-state index contributed by atoms with van der Waals surface area (Å²) in [5.41, 5.74) is 3.73. The number of carbonyl (C=O) groups excluding carboxylic acids is 1. The zero-order valence-corrected chi connectivity index (χ0v) is 13.7. The van der Waals surface area contributed by atoms with Gasteiger partial charge in [0.1, 0.15) is 5.75 Å². The van der Waals surface area contributed by atoms with Gasteiger partial charge in [-0.05, 0) is 48.4 Å². The molecule has 3 aromatic rings. The van der Waals surface area contributed by atoms with Crippen molar-refractivity contribution in [1.29, 1.82) is 0 Å². The van der Waals surface area contributed by atoms with Crippen LogP contribution in [-0.2, 0) is 11.2 Å². The molecular formula is C19H19N3O2. The molecule has 0 atom stereocenters. The zero-order valence-electron chi connectivity index (χ0n) is 13.7. The van der Waals surface area contributed by atoms with Gasteiger partial charge in [0, 0.05) is 23.8 Å². The van der Waals surface area contributed by atoms with Crippen LogP contribution in [0, 0.1) is 6.92 Å². The summed E-state index contributed by atoms with van der Waals surface area (Å²) in [7, 11) is 1.63. The molecule has 2 aromatic carbocycles. The summed E-state index contributed by atoms with van der Waals surface area (Å²) < 4.78 is 7.20. The maximum atomic E-state index is 12.2. The van der Waals surface area contributed by atoms with Crippen LogP contribution in [0.5, 0.6) is 5.75 Å². The Morgan fingerprint density at radius 2 is 2.00 bits per heavy atom. The van der Waals surface area contributed by atoms with Gasteiger partial charge in [-0.1, -0.05) is 12.1 Å². The van der Waals surface area contributed by atoms with E-state index in [1.807, 2.05) is 60.2 Å². The molecular weight excluding hydrogens is 302 g/mol. The molecule has 24 heavy (non-hydrogen) atoms. The number of amides is 1. The number of hydrogen-bond donors (Lipinski definition) is 1. The normalized spacial score (nSPS) is 10.4. The Morgan fingerprint density at radius 3 is 2.67 bits per heavy atom. The van der Waals surface area contributed by atoms with E-state index in [0.29, 0.717) is 6.42 Å². The fourth-order valence-corrected chi connectivity index (χ4v) is 2.49. The van der Waals surface area contributed by atoms with Gasteiger partial charge < -0.3 is 14.6 Å². The average molecular weight is 321 g/mol. The van der Waals surface area contributed by atoms with Crippen molar-refractivity contribution in [3.8, 4) is 11.4 Å². The van der Waals surface area contributed by atoms with Crippen LogP contribution in [0.25, 0.3) is 5.69 Å². The van der Waals surface area contributed by atoms with E-state index in [4.69, 9.17) is 4.74 Å². The smallest absolute Gasteiger partial charge is 0.228 e. The number of nitrogens with zero attached hydrogens (tertiary/aromatic N) is 2. The van der Waals surface area contributed by atoms with E-state index in [1.54, 1.807) is 19.6 Å². The Hall–Kier alpha value is -3.08. The van der Waals surface area contributed by atoms with E-state index < -0.39 is 0 Å². The Bertz CT molecular complexity index is 824. The highest BCUT2D eigenvalue weighted by atomic mass is 16.5. The number of carbonyl (C=O) groups is 1. The highest BCUT2D eigenvalue weighted by molar-refractivity contribution is 5.92. The number of aryl methyl sites for hydroxylation is 1. The minimum Gasteiger partial charge on any atom is -0.496 e. The quantitative estimate of drug-likeness (QED) is 0.784. The van der Waals surface area contributed by atoms with E-state index in [1.165, 1.54) is 0 Å². The lowest BCUT2D eigenvalue weighted by Gasteiger charge is -2.09. The van der Waals surface area contributed by atoms with Gasteiger partial charge in [-0.25, -0.2) is 4.98 Å². The Balaban J connectivity index is 1.64. The number of hydrogen-bond acceptors (Lipinski definition) is 3. The van der Waals surface area contributed by atoms with E-state index in [2.05, 4.69) is 10.3 Å². The topological polar surface area (TPSA) is 56.1 Å². The van der Waals surface area contributed by atoms with Crippen molar-refractivity contribution in [3.63, 3.8) is 0 Å². The second kappa shape index (κ2) is 7.00. The number of rotatable bonds is 5. The van der Waals surface area contributed by atoms with Crippen LogP contribution in [0.1, 0.15) is 11.1 Å². The first-order chi connectivity index (χ1) is 11.7. The molecule has 0 spiro atoms. The summed E-state index contributed by atoms with van der Waals surface area (Å²) in [5.74, 6) is 0.737. The number of methoxy groups -OCH3 is 1. The van der Waals surface area contributed by atoms with Crippen LogP contribution in [-0.4, -0.2) is 22.6 Å². The predicted octanol–water partition coefficient (Wildman–Crippen LogP) is 3.37. The predicted molar refractivity (Wildman–Crippen MR) is 93.6 cm³/mol.